The molecule has 0 saturated carbocycles. The Morgan fingerprint density at radius 2 is 1.56 bits per heavy atom. The highest BCUT2D eigenvalue weighted by atomic mass is 31.2. The largest absolute Gasteiger partial charge is 0.475 e. The van der Waals surface area contributed by atoms with E-state index in [2.05, 4.69) is 0 Å². The van der Waals surface area contributed by atoms with Crippen molar-refractivity contribution in [1.82, 2.24) is 0 Å². The monoisotopic (exact) mass is 257 g/mol. The molecule has 7 nitrogen and oxygen atoms in total. The van der Waals surface area contributed by atoms with E-state index in [0.29, 0.717) is 0 Å². The first-order valence-corrected chi connectivity index (χ1v) is 6.45. The standard InChI is InChI=1S/C8H20NO6P/c1-7(10)5-14-16(12,13-4-3-9)15-6-8(2)11/h7-8,10-11H,3-6,9H2,1-2H3. The Bertz CT molecular complexity index is 207. The zero-order valence-corrected chi connectivity index (χ0v) is 10.4. The smallest absolute Gasteiger partial charge is 0.391 e. The van der Waals surface area contributed by atoms with Crippen LogP contribution in [0.25, 0.3) is 0 Å². The Labute approximate surface area is 95.1 Å². The molecule has 98 valence electrons. The van der Waals surface area contributed by atoms with Crippen molar-refractivity contribution in [3.63, 3.8) is 0 Å². The Balaban J connectivity index is 4.18. The average molecular weight is 257 g/mol. The molecular weight excluding hydrogens is 237 g/mol. The lowest BCUT2D eigenvalue weighted by atomic mass is 10.5. The number of nitrogens with two attached hydrogens (primary N) is 1. The normalized spacial score (nSPS) is 19.1. The van der Waals surface area contributed by atoms with Crippen molar-refractivity contribution in [3.8, 4) is 0 Å². The number of hydrogen-bond acceptors (Lipinski definition) is 7. The molecule has 0 fully saturated rings. The van der Waals surface area contributed by atoms with Gasteiger partial charge in [-0.15, -0.1) is 0 Å². The quantitative estimate of drug-likeness (QED) is 0.493. The van der Waals surface area contributed by atoms with Gasteiger partial charge in [0.15, 0.2) is 0 Å². The second-order valence-electron chi connectivity index (χ2n) is 3.36. The van der Waals surface area contributed by atoms with Gasteiger partial charge in [-0.05, 0) is 13.8 Å². The molecule has 8 heteroatoms. The molecule has 0 aliphatic carbocycles. The molecule has 0 aliphatic heterocycles. The van der Waals surface area contributed by atoms with Gasteiger partial charge in [0, 0.05) is 6.54 Å². The second kappa shape index (κ2) is 8.14. The minimum absolute atomic E-state index is 0.0108. The number of phosphoric acid groups is 1. The summed E-state index contributed by atoms with van der Waals surface area (Å²) >= 11 is 0. The van der Waals surface area contributed by atoms with Crippen molar-refractivity contribution in [2.75, 3.05) is 26.4 Å². The lowest BCUT2D eigenvalue weighted by molar-refractivity contribution is 0.0460. The van der Waals surface area contributed by atoms with E-state index in [1.165, 1.54) is 13.8 Å². The summed E-state index contributed by atoms with van der Waals surface area (Å²) in [5, 5.41) is 18.0. The van der Waals surface area contributed by atoms with E-state index in [9.17, 15) is 4.57 Å². The molecule has 0 heterocycles. The number of aliphatic hydroxyl groups is 2. The van der Waals surface area contributed by atoms with Crippen molar-refractivity contribution in [2.24, 2.45) is 5.73 Å². The van der Waals surface area contributed by atoms with Gasteiger partial charge in [0.1, 0.15) is 0 Å². The Morgan fingerprint density at radius 3 is 1.88 bits per heavy atom. The molecule has 0 aromatic heterocycles. The molecular formula is C8H20NO6P. The summed E-state index contributed by atoms with van der Waals surface area (Å²) in [4.78, 5) is 0. The third kappa shape index (κ3) is 8.18. The predicted molar refractivity (Wildman–Crippen MR) is 57.9 cm³/mol. The van der Waals surface area contributed by atoms with Crippen LogP contribution >= 0.6 is 7.82 Å². The van der Waals surface area contributed by atoms with Gasteiger partial charge in [-0.25, -0.2) is 4.57 Å². The topological polar surface area (TPSA) is 111 Å². The van der Waals surface area contributed by atoms with E-state index in [1.807, 2.05) is 0 Å². The van der Waals surface area contributed by atoms with E-state index < -0.39 is 20.0 Å². The van der Waals surface area contributed by atoms with Crippen LogP contribution < -0.4 is 5.73 Å². The van der Waals surface area contributed by atoms with Gasteiger partial charge in [-0.2, -0.15) is 0 Å². The number of rotatable bonds is 9. The van der Waals surface area contributed by atoms with E-state index in [1.54, 1.807) is 0 Å². The van der Waals surface area contributed by atoms with E-state index in [0.717, 1.165) is 0 Å². The number of aliphatic hydroxyl groups excluding tert-OH is 2. The first-order chi connectivity index (χ1) is 7.39. The summed E-state index contributed by atoms with van der Waals surface area (Å²) in [7, 11) is -3.74. The molecule has 2 unspecified atom stereocenters. The Kier molecular flexibility index (Phi) is 8.13. The van der Waals surface area contributed by atoms with Crippen LogP contribution in [0.2, 0.25) is 0 Å². The van der Waals surface area contributed by atoms with Crippen LogP contribution in [0.5, 0.6) is 0 Å². The van der Waals surface area contributed by atoms with Crippen molar-refractivity contribution in [1.29, 1.82) is 0 Å². The van der Waals surface area contributed by atoms with Gasteiger partial charge in [0.2, 0.25) is 0 Å². The molecule has 0 saturated heterocycles. The maximum Gasteiger partial charge on any atom is 0.475 e. The maximum absolute atomic E-state index is 11.8. The summed E-state index contributed by atoms with van der Waals surface area (Å²) in [6.45, 7) is 2.77. The molecule has 0 spiro atoms. The van der Waals surface area contributed by atoms with Gasteiger partial charge in [0.05, 0.1) is 32.0 Å². The highest BCUT2D eigenvalue weighted by Gasteiger charge is 2.27. The van der Waals surface area contributed by atoms with Crippen LogP contribution in [0.4, 0.5) is 0 Å². The first-order valence-electron chi connectivity index (χ1n) is 4.99. The van der Waals surface area contributed by atoms with Crippen molar-refractivity contribution >= 4 is 7.82 Å². The first kappa shape index (κ1) is 16.0. The Morgan fingerprint density at radius 1 is 1.12 bits per heavy atom. The summed E-state index contributed by atoms with van der Waals surface area (Å²) in [5.41, 5.74) is 5.19. The lowest BCUT2D eigenvalue weighted by Gasteiger charge is -2.19. The van der Waals surface area contributed by atoms with E-state index in [-0.39, 0.29) is 26.4 Å². The van der Waals surface area contributed by atoms with Crippen LogP contribution in [-0.4, -0.2) is 48.8 Å². The minimum atomic E-state index is -3.74. The molecule has 0 amide bonds. The fraction of sp³-hybridized carbons (Fsp3) is 1.00. The van der Waals surface area contributed by atoms with Gasteiger partial charge >= 0.3 is 7.82 Å². The average Bonchev–Trinajstić information content (AvgIpc) is 2.21. The van der Waals surface area contributed by atoms with Crippen LogP contribution in [0.15, 0.2) is 0 Å². The molecule has 0 aromatic carbocycles. The van der Waals surface area contributed by atoms with Crippen molar-refractivity contribution in [3.05, 3.63) is 0 Å². The van der Waals surface area contributed by atoms with Crippen molar-refractivity contribution < 1.29 is 28.3 Å². The predicted octanol–water partition coefficient (Wildman–Crippen LogP) is -0.135. The lowest BCUT2D eigenvalue weighted by Crippen LogP contribution is -2.16. The number of hydrogen-bond donors (Lipinski definition) is 3. The van der Waals surface area contributed by atoms with E-state index in [4.69, 9.17) is 29.5 Å². The minimum Gasteiger partial charge on any atom is -0.391 e. The molecule has 4 N–H and O–H groups in total. The van der Waals surface area contributed by atoms with Gasteiger partial charge in [0.25, 0.3) is 0 Å². The molecule has 16 heavy (non-hydrogen) atoms. The van der Waals surface area contributed by atoms with Crippen LogP contribution in [0.3, 0.4) is 0 Å². The highest BCUT2D eigenvalue weighted by Crippen LogP contribution is 2.49. The third-order valence-corrected chi connectivity index (χ3v) is 2.74. The number of phosphoric ester groups is 1. The maximum atomic E-state index is 11.8. The zero-order chi connectivity index (χ0) is 12.6. The molecule has 0 aliphatic rings. The summed E-state index contributed by atoms with van der Waals surface area (Å²) in [6, 6.07) is 0. The fourth-order valence-corrected chi connectivity index (χ4v) is 2.02. The second-order valence-corrected chi connectivity index (χ2v) is 5.03. The van der Waals surface area contributed by atoms with Crippen LogP contribution in [-0.2, 0) is 18.1 Å². The molecule has 0 aromatic rings. The van der Waals surface area contributed by atoms with Gasteiger partial charge in [-0.1, -0.05) is 0 Å². The SMILES string of the molecule is CC(O)COP(=O)(OCCN)OCC(C)O. The van der Waals surface area contributed by atoms with Crippen molar-refractivity contribution in [2.45, 2.75) is 26.1 Å². The molecule has 0 rings (SSSR count). The fourth-order valence-electron chi connectivity index (χ4n) is 0.675. The molecule has 2 atom stereocenters. The summed E-state index contributed by atoms with van der Waals surface area (Å²) in [6.07, 6.45) is -1.57. The zero-order valence-electron chi connectivity index (χ0n) is 9.54. The molecule has 0 radical (unpaired) electrons. The van der Waals surface area contributed by atoms with Gasteiger partial charge in [-0.3, -0.25) is 13.6 Å². The van der Waals surface area contributed by atoms with Crippen LogP contribution in [0.1, 0.15) is 13.8 Å². The third-order valence-electron chi connectivity index (χ3n) is 1.31. The highest BCUT2D eigenvalue weighted by molar-refractivity contribution is 7.48. The van der Waals surface area contributed by atoms with Gasteiger partial charge < -0.3 is 15.9 Å². The molecule has 0 bridgehead atoms. The van der Waals surface area contributed by atoms with E-state index >= 15 is 0 Å². The summed E-state index contributed by atoms with van der Waals surface area (Å²) < 4.78 is 26.4. The summed E-state index contributed by atoms with van der Waals surface area (Å²) in [5.74, 6) is 0. The van der Waals surface area contributed by atoms with Crippen LogP contribution in [0, 0.1) is 0 Å². The Hall–Kier alpha value is -0.0100.